The Bertz CT molecular complexity index is 861. The Labute approximate surface area is 170 Å². The lowest BCUT2D eigenvalue weighted by Crippen LogP contribution is -2.34. The van der Waals surface area contributed by atoms with Crippen LogP contribution in [0.2, 0.25) is 10.0 Å². The number of carbonyl (C=O) groups is 1. The fraction of sp³-hybridized carbons (Fsp3) is 0.368. The maximum atomic E-state index is 13.0. The minimum Gasteiger partial charge on any atom is -0.435 e. The number of hydrogen-bond acceptors (Lipinski definition) is 3. The quantitative estimate of drug-likeness (QED) is 0.600. The van der Waals surface area contributed by atoms with Crippen molar-refractivity contribution in [2.75, 3.05) is 5.32 Å². The van der Waals surface area contributed by atoms with E-state index in [4.69, 9.17) is 27.9 Å². The Morgan fingerprint density at radius 3 is 2.68 bits per heavy atom. The van der Waals surface area contributed by atoms with E-state index in [0.717, 1.165) is 0 Å². The first-order valence-corrected chi connectivity index (χ1v) is 9.45. The van der Waals surface area contributed by atoms with Gasteiger partial charge in [0.2, 0.25) is 11.8 Å². The highest BCUT2D eigenvalue weighted by molar-refractivity contribution is 6.35. The molecule has 9 heteroatoms. The summed E-state index contributed by atoms with van der Waals surface area (Å²) in [6, 6.07) is 8.03. The van der Waals surface area contributed by atoms with Gasteiger partial charge in [-0.2, -0.15) is 13.2 Å². The van der Waals surface area contributed by atoms with E-state index in [1.807, 2.05) is 0 Å². The van der Waals surface area contributed by atoms with Crippen molar-refractivity contribution in [3.8, 4) is 11.6 Å². The molecular weight excluding hydrogens is 416 g/mol. The van der Waals surface area contributed by atoms with E-state index in [9.17, 15) is 18.0 Å². The number of benzene rings is 1. The zero-order chi connectivity index (χ0) is 20.3. The third kappa shape index (κ3) is 5.08. The fourth-order valence-corrected chi connectivity index (χ4v) is 3.62. The van der Waals surface area contributed by atoms with Gasteiger partial charge in [0.05, 0.1) is 16.6 Å². The first-order chi connectivity index (χ1) is 13.2. The van der Waals surface area contributed by atoms with Gasteiger partial charge < -0.3 is 10.1 Å². The number of rotatable bonds is 4. The van der Waals surface area contributed by atoms with Gasteiger partial charge >= 0.3 is 6.18 Å². The fourth-order valence-electron chi connectivity index (χ4n) is 3.20. The molecule has 1 fully saturated rings. The van der Waals surface area contributed by atoms with Gasteiger partial charge in [0.15, 0.2) is 5.75 Å². The SMILES string of the molecule is O=C(Nc1ccccc1Oc1ncc(Cl)cc1Cl)C1CCCC(C(F)(F)F)C1. The molecule has 1 saturated carbocycles. The first-order valence-electron chi connectivity index (χ1n) is 8.69. The molecule has 1 N–H and O–H groups in total. The van der Waals surface area contributed by atoms with Crippen molar-refractivity contribution in [1.82, 2.24) is 4.98 Å². The van der Waals surface area contributed by atoms with E-state index in [1.54, 1.807) is 24.3 Å². The molecule has 2 atom stereocenters. The van der Waals surface area contributed by atoms with Crippen molar-refractivity contribution in [3.63, 3.8) is 0 Å². The van der Waals surface area contributed by atoms with E-state index >= 15 is 0 Å². The van der Waals surface area contributed by atoms with Crippen LogP contribution in [0.15, 0.2) is 36.5 Å². The number of halogens is 5. The largest absolute Gasteiger partial charge is 0.435 e. The Morgan fingerprint density at radius 2 is 1.96 bits per heavy atom. The maximum Gasteiger partial charge on any atom is 0.391 e. The smallest absolute Gasteiger partial charge is 0.391 e. The second-order valence-corrected chi connectivity index (χ2v) is 7.47. The van der Waals surface area contributed by atoms with Crippen LogP contribution in [0.1, 0.15) is 25.7 Å². The van der Waals surface area contributed by atoms with Gasteiger partial charge in [-0.3, -0.25) is 4.79 Å². The molecule has 0 radical (unpaired) electrons. The van der Waals surface area contributed by atoms with E-state index in [1.165, 1.54) is 12.3 Å². The molecule has 0 spiro atoms. The number of para-hydroxylation sites is 2. The van der Waals surface area contributed by atoms with Crippen molar-refractivity contribution in [1.29, 1.82) is 0 Å². The molecule has 1 heterocycles. The van der Waals surface area contributed by atoms with Crippen LogP contribution in [0, 0.1) is 11.8 Å². The lowest BCUT2D eigenvalue weighted by atomic mass is 9.80. The van der Waals surface area contributed by atoms with Crippen LogP contribution < -0.4 is 10.1 Å². The predicted octanol–water partition coefficient (Wildman–Crippen LogP) is 6.49. The number of amides is 1. The van der Waals surface area contributed by atoms with E-state index in [-0.39, 0.29) is 29.5 Å². The van der Waals surface area contributed by atoms with Crippen LogP contribution in [0.25, 0.3) is 0 Å². The van der Waals surface area contributed by atoms with Gasteiger partial charge in [-0.25, -0.2) is 4.98 Å². The summed E-state index contributed by atoms with van der Waals surface area (Å²) in [6.07, 6.45) is -2.27. The van der Waals surface area contributed by atoms with Crippen LogP contribution in [0.3, 0.4) is 0 Å². The van der Waals surface area contributed by atoms with Crippen LogP contribution in [0.5, 0.6) is 11.6 Å². The second kappa shape index (κ2) is 8.57. The summed E-state index contributed by atoms with van der Waals surface area (Å²) in [5.74, 6) is -2.23. The molecule has 1 aliphatic rings. The van der Waals surface area contributed by atoms with Crippen molar-refractivity contribution in [2.45, 2.75) is 31.9 Å². The minimum absolute atomic E-state index is 0.0632. The Balaban J connectivity index is 1.73. The predicted molar refractivity (Wildman–Crippen MR) is 101 cm³/mol. The first kappa shape index (κ1) is 20.7. The van der Waals surface area contributed by atoms with Gasteiger partial charge in [-0.1, -0.05) is 41.8 Å². The molecule has 150 valence electrons. The minimum atomic E-state index is -4.28. The highest BCUT2D eigenvalue weighted by Crippen LogP contribution is 2.41. The van der Waals surface area contributed by atoms with E-state index < -0.39 is 23.9 Å². The van der Waals surface area contributed by atoms with Gasteiger partial charge in [-0.15, -0.1) is 0 Å². The molecule has 0 aliphatic heterocycles. The van der Waals surface area contributed by atoms with Crippen molar-refractivity contribution >= 4 is 34.8 Å². The number of nitrogens with one attached hydrogen (secondary N) is 1. The summed E-state index contributed by atoms with van der Waals surface area (Å²) in [5, 5.41) is 3.21. The number of pyridine rings is 1. The summed E-state index contributed by atoms with van der Waals surface area (Å²) < 4.78 is 44.7. The Morgan fingerprint density at radius 1 is 1.21 bits per heavy atom. The molecule has 1 aromatic heterocycles. The van der Waals surface area contributed by atoms with Gasteiger partial charge in [0.1, 0.15) is 5.02 Å². The summed E-state index contributed by atoms with van der Waals surface area (Å²) in [7, 11) is 0. The van der Waals surface area contributed by atoms with Gasteiger partial charge in [-0.05, 0) is 37.5 Å². The van der Waals surface area contributed by atoms with Crippen LogP contribution >= 0.6 is 23.2 Å². The van der Waals surface area contributed by atoms with Crippen LogP contribution in [-0.4, -0.2) is 17.1 Å². The maximum absolute atomic E-state index is 13.0. The number of alkyl halides is 3. The monoisotopic (exact) mass is 432 g/mol. The molecular formula is C19H17Cl2F3N2O2. The Kier molecular flexibility index (Phi) is 6.35. The standard InChI is InChI=1S/C19H17Cl2F3N2O2/c20-13-9-14(21)18(25-10-13)28-16-7-2-1-6-15(16)26-17(27)11-4-3-5-12(8-11)19(22,23)24/h1-2,6-7,9-12H,3-5,8H2,(H,26,27). The lowest BCUT2D eigenvalue weighted by Gasteiger charge is -2.29. The number of carbonyl (C=O) groups excluding carboxylic acids is 1. The third-order valence-corrected chi connectivity index (χ3v) is 5.11. The van der Waals surface area contributed by atoms with Crippen LogP contribution in [-0.2, 0) is 4.79 Å². The molecule has 2 aromatic rings. The zero-order valence-corrected chi connectivity index (χ0v) is 16.1. The zero-order valence-electron chi connectivity index (χ0n) is 14.6. The molecule has 0 bridgehead atoms. The number of aromatic nitrogens is 1. The highest BCUT2D eigenvalue weighted by Gasteiger charge is 2.43. The summed E-state index contributed by atoms with van der Waals surface area (Å²) >= 11 is 11.9. The molecule has 1 aliphatic carbocycles. The summed E-state index contributed by atoms with van der Waals surface area (Å²) in [6.45, 7) is 0. The number of hydrogen-bond donors (Lipinski definition) is 1. The summed E-state index contributed by atoms with van der Waals surface area (Å²) in [4.78, 5) is 16.6. The third-order valence-electron chi connectivity index (χ3n) is 4.63. The van der Waals surface area contributed by atoms with E-state index in [2.05, 4.69) is 10.3 Å². The number of anilines is 1. The van der Waals surface area contributed by atoms with Crippen LogP contribution in [0.4, 0.5) is 18.9 Å². The molecule has 28 heavy (non-hydrogen) atoms. The molecule has 2 unspecified atom stereocenters. The van der Waals surface area contributed by atoms with Gasteiger partial charge in [0, 0.05) is 12.1 Å². The molecule has 3 rings (SSSR count). The molecule has 1 aromatic carbocycles. The van der Waals surface area contributed by atoms with Crippen molar-refractivity contribution in [3.05, 3.63) is 46.6 Å². The lowest BCUT2D eigenvalue weighted by molar-refractivity contribution is -0.185. The molecule has 0 saturated heterocycles. The van der Waals surface area contributed by atoms with E-state index in [0.29, 0.717) is 23.6 Å². The number of nitrogens with zero attached hydrogens (tertiary/aromatic N) is 1. The molecule has 4 nitrogen and oxygen atoms in total. The normalized spacial score (nSPS) is 19.9. The highest BCUT2D eigenvalue weighted by atomic mass is 35.5. The van der Waals surface area contributed by atoms with Crippen molar-refractivity contribution in [2.24, 2.45) is 11.8 Å². The average molecular weight is 433 g/mol. The van der Waals surface area contributed by atoms with Gasteiger partial charge in [0.25, 0.3) is 0 Å². The number of ether oxygens (including phenoxy) is 1. The topological polar surface area (TPSA) is 51.2 Å². The Hall–Kier alpha value is -1.99. The summed E-state index contributed by atoms with van der Waals surface area (Å²) in [5.41, 5.74) is 0.328. The van der Waals surface area contributed by atoms with Crippen molar-refractivity contribution < 1.29 is 22.7 Å². The molecule has 1 amide bonds. The average Bonchev–Trinajstić information content (AvgIpc) is 2.65. The second-order valence-electron chi connectivity index (χ2n) is 6.63.